The summed E-state index contributed by atoms with van der Waals surface area (Å²) in [4.78, 5) is 0. The highest BCUT2D eigenvalue weighted by Gasteiger charge is 2.16. The zero-order valence-electron chi connectivity index (χ0n) is 9.10. The minimum Gasteiger partial charge on any atom is -0.330 e. The van der Waals surface area contributed by atoms with Gasteiger partial charge >= 0.3 is 0 Å². The summed E-state index contributed by atoms with van der Waals surface area (Å²) in [5.41, 5.74) is 7.19. The molecule has 0 aliphatic heterocycles. The van der Waals surface area contributed by atoms with E-state index in [-0.39, 0.29) is 0 Å². The zero-order chi connectivity index (χ0) is 10.8. The summed E-state index contributed by atoms with van der Waals surface area (Å²) in [6.07, 6.45) is 1.96. The fourth-order valence-corrected chi connectivity index (χ4v) is 2.68. The lowest BCUT2D eigenvalue weighted by atomic mass is 9.87. The van der Waals surface area contributed by atoms with Gasteiger partial charge < -0.3 is 5.73 Å². The van der Waals surface area contributed by atoms with Gasteiger partial charge in [-0.2, -0.15) is 4.37 Å². The van der Waals surface area contributed by atoms with E-state index in [9.17, 15) is 0 Å². The summed E-state index contributed by atoms with van der Waals surface area (Å²) in [6.45, 7) is 5.14. The second-order valence-electron chi connectivity index (χ2n) is 4.17. The van der Waals surface area contributed by atoms with E-state index in [1.165, 1.54) is 15.6 Å². The third kappa shape index (κ3) is 1.90. The van der Waals surface area contributed by atoms with Gasteiger partial charge in [-0.25, -0.2) is 0 Å². The van der Waals surface area contributed by atoms with Crippen LogP contribution in [0.5, 0.6) is 0 Å². The molecule has 1 heterocycles. The minimum atomic E-state index is 0.435. The summed E-state index contributed by atoms with van der Waals surface area (Å²) in [5, 5.41) is 1.27. The maximum absolute atomic E-state index is 5.85. The maximum atomic E-state index is 5.85. The second kappa shape index (κ2) is 4.29. The molecule has 15 heavy (non-hydrogen) atoms. The molecular formula is C12H16N2S. The number of nitrogens with zero attached hydrogens (tertiary/aromatic N) is 1. The van der Waals surface area contributed by atoms with E-state index in [0.717, 1.165) is 0 Å². The molecule has 1 aromatic heterocycles. The van der Waals surface area contributed by atoms with E-state index in [4.69, 9.17) is 5.73 Å². The van der Waals surface area contributed by atoms with Crippen molar-refractivity contribution in [2.75, 3.05) is 6.54 Å². The van der Waals surface area contributed by atoms with Crippen molar-refractivity contribution in [3.05, 3.63) is 30.0 Å². The van der Waals surface area contributed by atoms with Crippen LogP contribution in [0.15, 0.2) is 24.4 Å². The molecule has 0 radical (unpaired) electrons. The van der Waals surface area contributed by atoms with E-state index in [1.54, 1.807) is 11.5 Å². The predicted molar refractivity (Wildman–Crippen MR) is 66.3 cm³/mol. The maximum Gasteiger partial charge on any atom is 0.0552 e. The summed E-state index contributed by atoms with van der Waals surface area (Å²) in [6, 6.07) is 6.39. The van der Waals surface area contributed by atoms with Gasteiger partial charge in [-0.05, 0) is 41.5 Å². The van der Waals surface area contributed by atoms with Crippen LogP contribution >= 0.6 is 11.5 Å². The monoisotopic (exact) mass is 220 g/mol. The summed E-state index contributed by atoms with van der Waals surface area (Å²) >= 11 is 1.55. The molecule has 3 heteroatoms. The summed E-state index contributed by atoms with van der Waals surface area (Å²) < 4.78 is 5.49. The number of fused-ring (bicyclic) bond motifs is 1. The Hall–Kier alpha value is -0.930. The van der Waals surface area contributed by atoms with Crippen LogP contribution in [0, 0.1) is 5.92 Å². The first-order valence-electron chi connectivity index (χ1n) is 5.27. The van der Waals surface area contributed by atoms with Crippen molar-refractivity contribution in [2.45, 2.75) is 19.8 Å². The Balaban J connectivity index is 2.54. The molecule has 80 valence electrons. The number of benzene rings is 1. The second-order valence-corrected chi connectivity index (χ2v) is 5.00. The molecule has 0 fully saturated rings. The molecule has 0 aliphatic carbocycles. The Morgan fingerprint density at radius 3 is 2.87 bits per heavy atom. The van der Waals surface area contributed by atoms with Crippen LogP contribution in [0.4, 0.5) is 0 Å². The van der Waals surface area contributed by atoms with Gasteiger partial charge in [0, 0.05) is 11.6 Å². The van der Waals surface area contributed by atoms with Crippen LogP contribution in [0.1, 0.15) is 25.3 Å². The third-order valence-electron chi connectivity index (χ3n) is 2.89. The van der Waals surface area contributed by atoms with E-state index in [0.29, 0.717) is 18.4 Å². The van der Waals surface area contributed by atoms with Gasteiger partial charge in [-0.3, -0.25) is 0 Å². The Labute approximate surface area is 94.3 Å². The molecule has 2 aromatic rings. The highest BCUT2D eigenvalue weighted by Crippen LogP contribution is 2.31. The average Bonchev–Trinajstić information content (AvgIpc) is 2.66. The van der Waals surface area contributed by atoms with Crippen LogP contribution in [-0.2, 0) is 0 Å². The Morgan fingerprint density at radius 2 is 2.20 bits per heavy atom. The quantitative estimate of drug-likeness (QED) is 0.863. The van der Waals surface area contributed by atoms with Crippen LogP contribution in [0.2, 0.25) is 0 Å². The van der Waals surface area contributed by atoms with Gasteiger partial charge in [0.05, 0.1) is 4.70 Å². The first-order valence-corrected chi connectivity index (χ1v) is 6.04. The highest BCUT2D eigenvalue weighted by molar-refractivity contribution is 7.13. The average molecular weight is 220 g/mol. The fourth-order valence-electron chi connectivity index (χ4n) is 2.00. The largest absolute Gasteiger partial charge is 0.330 e. The Bertz CT molecular complexity index is 448. The van der Waals surface area contributed by atoms with Crippen molar-refractivity contribution >= 4 is 21.6 Å². The fraction of sp³-hybridized carbons (Fsp3) is 0.417. The van der Waals surface area contributed by atoms with Crippen LogP contribution in [0.3, 0.4) is 0 Å². The molecule has 0 amide bonds. The Kier molecular flexibility index (Phi) is 3.03. The molecule has 2 rings (SSSR count). The number of nitrogens with two attached hydrogens (primary N) is 1. The molecule has 0 saturated heterocycles. The standard InChI is InChI=1S/C12H16N2S/c1-8(2)10(6-13)9-4-3-5-12-11(9)7-14-15-12/h3-5,7-8,10H,6,13H2,1-2H3. The number of hydrogen-bond donors (Lipinski definition) is 1. The van der Waals surface area contributed by atoms with E-state index < -0.39 is 0 Å². The predicted octanol–water partition coefficient (Wildman–Crippen LogP) is 2.99. The molecular weight excluding hydrogens is 204 g/mol. The number of hydrogen-bond acceptors (Lipinski definition) is 3. The van der Waals surface area contributed by atoms with Gasteiger partial charge in [-0.1, -0.05) is 26.0 Å². The SMILES string of the molecule is CC(C)C(CN)c1cccc2sncc12. The van der Waals surface area contributed by atoms with Crippen molar-refractivity contribution in [1.29, 1.82) is 0 Å². The van der Waals surface area contributed by atoms with Gasteiger partial charge in [-0.15, -0.1) is 0 Å². The van der Waals surface area contributed by atoms with Crippen molar-refractivity contribution in [1.82, 2.24) is 4.37 Å². The van der Waals surface area contributed by atoms with E-state index in [2.05, 4.69) is 36.4 Å². The molecule has 0 saturated carbocycles. The lowest BCUT2D eigenvalue weighted by Gasteiger charge is -2.19. The van der Waals surface area contributed by atoms with Gasteiger partial charge in [0.1, 0.15) is 0 Å². The van der Waals surface area contributed by atoms with Crippen molar-refractivity contribution in [3.8, 4) is 0 Å². The minimum absolute atomic E-state index is 0.435. The zero-order valence-corrected chi connectivity index (χ0v) is 9.92. The van der Waals surface area contributed by atoms with Gasteiger partial charge in [0.2, 0.25) is 0 Å². The smallest absolute Gasteiger partial charge is 0.0552 e. The van der Waals surface area contributed by atoms with Crippen molar-refractivity contribution < 1.29 is 0 Å². The lowest BCUT2D eigenvalue weighted by Crippen LogP contribution is -2.17. The molecule has 0 bridgehead atoms. The summed E-state index contributed by atoms with van der Waals surface area (Å²) in [7, 11) is 0. The van der Waals surface area contributed by atoms with Crippen LogP contribution in [0.25, 0.3) is 10.1 Å². The van der Waals surface area contributed by atoms with E-state index in [1.807, 2.05) is 6.20 Å². The molecule has 2 N–H and O–H groups in total. The third-order valence-corrected chi connectivity index (χ3v) is 3.65. The van der Waals surface area contributed by atoms with Crippen LogP contribution < -0.4 is 5.73 Å². The van der Waals surface area contributed by atoms with E-state index >= 15 is 0 Å². The first kappa shape index (κ1) is 10.6. The molecule has 1 unspecified atom stereocenters. The molecule has 1 atom stereocenters. The van der Waals surface area contributed by atoms with Crippen molar-refractivity contribution in [2.24, 2.45) is 11.7 Å². The molecule has 1 aromatic carbocycles. The molecule has 0 spiro atoms. The normalized spacial score (nSPS) is 13.6. The number of aromatic nitrogens is 1. The first-order chi connectivity index (χ1) is 7.24. The molecule has 2 nitrogen and oxygen atoms in total. The van der Waals surface area contributed by atoms with Crippen LogP contribution in [-0.4, -0.2) is 10.9 Å². The topological polar surface area (TPSA) is 38.9 Å². The highest BCUT2D eigenvalue weighted by atomic mass is 32.1. The van der Waals surface area contributed by atoms with Crippen molar-refractivity contribution in [3.63, 3.8) is 0 Å². The lowest BCUT2D eigenvalue weighted by molar-refractivity contribution is 0.509. The van der Waals surface area contributed by atoms with Gasteiger partial charge in [0.15, 0.2) is 0 Å². The number of rotatable bonds is 3. The summed E-state index contributed by atoms with van der Waals surface area (Å²) in [5.74, 6) is 1.01. The Morgan fingerprint density at radius 1 is 1.40 bits per heavy atom. The molecule has 0 aliphatic rings. The van der Waals surface area contributed by atoms with Gasteiger partial charge in [0.25, 0.3) is 0 Å².